The molecular formula is C70H124N2O21S3. The number of esters is 8. The number of unbranched alkanes of at least 4 members (excludes halogenated alkanes) is 12. The first-order chi connectivity index (χ1) is 45.6. The number of aliphatic hydroxyl groups excluding tert-OH is 2. The molecule has 0 bridgehead atoms. The first-order valence-corrected chi connectivity index (χ1v) is 36.1. The van der Waals surface area contributed by atoms with Gasteiger partial charge in [0, 0.05) is 47.5 Å². The Bertz CT molecular complexity index is 2170. The molecule has 1 amide bonds. The van der Waals surface area contributed by atoms with Crippen molar-refractivity contribution in [2.45, 2.75) is 198 Å². The van der Waals surface area contributed by atoms with Gasteiger partial charge in [0.15, 0.2) is 0 Å². The Kier molecular flexibility index (Phi) is 76.1. The van der Waals surface area contributed by atoms with Crippen LogP contribution in [0.2, 0.25) is 0 Å². The molecule has 0 spiro atoms. The van der Waals surface area contributed by atoms with E-state index in [0.717, 1.165) is 120 Å². The van der Waals surface area contributed by atoms with Gasteiger partial charge in [0.05, 0.1) is 83.5 Å². The van der Waals surface area contributed by atoms with Crippen molar-refractivity contribution in [2.24, 2.45) is 27.7 Å². The standard InChI is InChI=1S/C26H45NO8S.C19H36O5S.C7H9NO3.C7H12O2.C6H14OS.C5H8O2/c1-7-8-14-33-23(29)21(4)18-26(5,24(30)32-6)19-36-17-12-10-9-11-15-35-25(31)27-13-16-34-22(28)20(2)3;1-5-6-12-24-17(21)16(2)14-19(3,18(22)23-4)15-25-13-10-8-7-9-11-20;1-6(2)7(10)11-4-3-8-5-9;1-3-5-6-9-7(8)4-2;7-5-3-1-2-4-6-8;1-4(2)5(6)7-3/h21H,2,7-19H2,1,3-6H3,(H,27,31);16,20H,5-15H2,1-4H3;1,3-4H2,2H3;4H,2-3,5-6H2,1H3;7-8H,1-6H2;1H2,2-3H3. The molecule has 3 N–H and O–H groups in total. The van der Waals surface area contributed by atoms with E-state index in [2.05, 4.69) is 63.5 Å². The number of alkyl carbamates (subject to hydrolysis) is 1. The highest BCUT2D eigenvalue weighted by molar-refractivity contribution is 7.99. The van der Waals surface area contributed by atoms with Gasteiger partial charge in [-0.25, -0.2) is 33.8 Å². The number of carbonyl (C=O) groups is 9. The number of thiol groups is 1. The van der Waals surface area contributed by atoms with Crippen LogP contribution in [0.25, 0.3) is 0 Å². The lowest BCUT2D eigenvalue weighted by atomic mass is 9.83. The van der Waals surface area contributed by atoms with Crippen molar-refractivity contribution in [2.75, 3.05) is 116 Å². The molecule has 0 radical (unpaired) electrons. The SMILES string of the molecule is C=C(C)C(=O)OC.C=C(C)C(=O)OCCN=C=O.C=C(C)C(=O)OCCNC(=O)OCCCCCCSCC(C)(CC(C)C(=O)OCCCC)C(=O)OC.C=CC(=O)OCCCC.CCCCOC(=O)C(C)CC(C)(CSCCCCCCO)C(=O)OC.OCCCCCCS. The van der Waals surface area contributed by atoms with Gasteiger partial charge in [-0.15, -0.1) is 0 Å². The van der Waals surface area contributed by atoms with E-state index in [4.69, 9.17) is 38.6 Å². The van der Waals surface area contributed by atoms with Crippen LogP contribution < -0.4 is 5.32 Å². The summed E-state index contributed by atoms with van der Waals surface area (Å²) in [6.07, 6.45) is 20.5. The molecule has 0 aromatic heterocycles. The molecule has 26 heteroatoms. The monoisotopic (exact) mass is 1420 g/mol. The summed E-state index contributed by atoms with van der Waals surface area (Å²) in [4.78, 5) is 116. The van der Waals surface area contributed by atoms with Gasteiger partial charge in [0.25, 0.3) is 0 Å². The molecule has 0 heterocycles. The fourth-order valence-electron chi connectivity index (χ4n) is 7.37. The quantitative estimate of drug-likeness (QED) is 0.00836. The number of aliphatic hydroxyl groups is 2. The smallest absolute Gasteiger partial charge is 0.407 e. The lowest BCUT2D eigenvalue weighted by molar-refractivity contribution is -0.156. The van der Waals surface area contributed by atoms with Crippen LogP contribution in [0.4, 0.5) is 4.79 Å². The minimum atomic E-state index is -0.757. The Morgan fingerprint density at radius 1 is 0.531 bits per heavy atom. The molecule has 0 fully saturated rings. The Labute approximate surface area is 589 Å². The molecule has 96 heavy (non-hydrogen) atoms. The second kappa shape index (κ2) is 72.1. The van der Waals surface area contributed by atoms with Crippen molar-refractivity contribution in [3.63, 3.8) is 0 Å². The molecule has 4 atom stereocenters. The number of rotatable bonds is 49. The number of hydrogen-bond acceptors (Lipinski definition) is 25. The summed E-state index contributed by atoms with van der Waals surface area (Å²) in [6.45, 7) is 34.4. The number of nitrogens with zero attached hydrogens (tertiary/aromatic N) is 1. The van der Waals surface area contributed by atoms with E-state index in [0.29, 0.717) is 74.1 Å². The molecule has 0 aliphatic carbocycles. The number of isocyanates is 1. The predicted molar refractivity (Wildman–Crippen MR) is 384 cm³/mol. The third-order valence-corrected chi connectivity index (χ3v) is 16.1. The van der Waals surface area contributed by atoms with Crippen molar-refractivity contribution in [1.82, 2.24) is 5.32 Å². The van der Waals surface area contributed by atoms with Gasteiger partial charge >= 0.3 is 53.8 Å². The highest BCUT2D eigenvalue weighted by Gasteiger charge is 2.39. The van der Waals surface area contributed by atoms with E-state index in [9.17, 15) is 47.9 Å². The fourth-order valence-corrected chi connectivity index (χ4v) is 10.1. The molecule has 0 aliphatic rings. The number of aliphatic imine (C=N–C) groups is 1. The summed E-state index contributed by atoms with van der Waals surface area (Å²) in [5.41, 5.74) is -0.370. The molecule has 0 aliphatic heterocycles. The summed E-state index contributed by atoms with van der Waals surface area (Å²) in [7, 11) is 4.09. The largest absolute Gasteiger partial charge is 0.469 e. The number of amides is 1. The van der Waals surface area contributed by atoms with Crippen molar-refractivity contribution in [3.05, 3.63) is 49.1 Å². The van der Waals surface area contributed by atoms with Crippen LogP contribution in [-0.2, 0) is 85.8 Å². The van der Waals surface area contributed by atoms with Crippen LogP contribution in [0.5, 0.6) is 0 Å². The summed E-state index contributed by atoms with van der Waals surface area (Å²) in [6, 6.07) is 0. The van der Waals surface area contributed by atoms with Crippen LogP contribution in [0.15, 0.2) is 54.1 Å². The topological polar surface area (TPSA) is 319 Å². The van der Waals surface area contributed by atoms with Gasteiger partial charge in [-0.05, 0) is 123 Å². The molecule has 558 valence electrons. The third-order valence-electron chi connectivity index (χ3n) is 12.9. The van der Waals surface area contributed by atoms with Gasteiger partial charge in [0.1, 0.15) is 13.2 Å². The maximum Gasteiger partial charge on any atom is 0.407 e. The maximum absolute atomic E-state index is 12.4. The first-order valence-electron chi connectivity index (χ1n) is 33.2. The van der Waals surface area contributed by atoms with E-state index >= 15 is 0 Å². The number of methoxy groups -OCH3 is 3. The van der Waals surface area contributed by atoms with E-state index in [1.165, 1.54) is 46.3 Å². The van der Waals surface area contributed by atoms with Crippen LogP contribution in [0.3, 0.4) is 0 Å². The second-order valence-corrected chi connectivity index (χ2v) is 25.4. The van der Waals surface area contributed by atoms with E-state index in [1.807, 2.05) is 41.5 Å². The van der Waals surface area contributed by atoms with Crippen molar-refractivity contribution in [3.8, 4) is 0 Å². The highest BCUT2D eigenvalue weighted by Crippen LogP contribution is 2.34. The first kappa shape index (κ1) is 101. The van der Waals surface area contributed by atoms with Crippen LogP contribution in [-0.4, -0.2) is 186 Å². The van der Waals surface area contributed by atoms with Crippen LogP contribution >= 0.6 is 36.2 Å². The number of carbonyl (C=O) groups excluding carboxylic acids is 10. The van der Waals surface area contributed by atoms with Gasteiger partial charge in [0.2, 0.25) is 6.08 Å². The normalized spacial score (nSPS) is 11.8. The molecule has 0 aromatic carbocycles. The van der Waals surface area contributed by atoms with Crippen LogP contribution in [0.1, 0.15) is 198 Å². The van der Waals surface area contributed by atoms with E-state index < -0.39 is 28.9 Å². The molecular weight excluding hydrogens is 1300 g/mol. The zero-order valence-electron chi connectivity index (χ0n) is 60.7. The third kappa shape index (κ3) is 66.9. The number of hydrogen-bond donors (Lipinski definition) is 4. The van der Waals surface area contributed by atoms with Gasteiger partial charge in [-0.1, -0.05) is 119 Å². The maximum atomic E-state index is 12.4. The van der Waals surface area contributed by atoms with E-state index in [1.54, 1.807) is 51.2 Å². The lowest BCUT2D eigenvalue weighted by Crippen LogP contribution is -2.35. The molecule has 0 saturated carbocycles. The zero-order valence-corrected chi connectivity index (χ0v) is 63.2. The van der Waals surface area contributed by atoms with Gasteiger partial charge in [-0.2, -0.15) is 36.2 Å². The lowest BCUT2D eigenvalue weighted by Gasteiger charge is -2.28. The highest BCUT2D eigenvalue weighted by atomic mass is 32.2. The van der Waals surface area contributed by atoms with Crippen molar-refractivity contribution in [1.29, 1.82) is 0 Å². The molecule has 4 unspecified atom stereocenters. The Balaban J connectivity index is -0.000000288. The van der Waals surface area contributed by atoms with Gasteiger partial charge in [-0.3, -0.25) is 19.2 Å². The summed E-state index contributed by atoms with van der Waals surface area (Å²) in [5, 5.41) is 19.6. The van der Waals surface area contributed by atoms with Crippen LogP contribution in [0, 0.1) is 22.7 Å². The predicted octanol–water partition coefficient (Wildman–Crippen LogP) is 12.7. The van der Waals surface area contributed by atoms with E-state index in [-0.39, 0.29) is 80.6 Å². The fraction of sp³-hybridized carbons (Fsp3) is 0.743. The Hall–Kier alpha value is -5.66. The number of nitrogens with one attached hydrogen (secondary N) is 1. The van der Waals surface area contributed by atoms with Crippen molar-refractivity contribution < 1.29 is 101 Å². The summed E-state index contributed by atoms with van der Waals surface area (Å²) >= 11 is 7.46. The Morgan fingerprint density at radius 2 is 0.917 bits per heavy atom. The number of thioether (sulfide) groups is 2. The average Bonchev–Trinajstić information content (AvgIpc) is 0.878. The average molecular weight is 1430 g/mol. The molecule has 0 saturated heterocycles. The minimum absolute atomic E-state index is 0.0649. The Morgan fingerprint density at radius 3 is 1.27 bits per heavy atom. The summed E-state index contributed by atoms with van der Waals surface area (Å²) < 4.78 is 44.1. The van der Waals surface area contributed by atoms with Gasteiger partial charge < -0.3 is 58.2 Å². The van der Waals surface area contributed by atoms with Crippen molar-refractivity contribution >= 4 is 96.1 Å². The molecule has 0 rings (SSSR count). The molecule has 23 nitrogen and oxygen atoms in total. The summed E-state index contributed by atoms with van der Waals surface area (Å²) in [5.74, 6) is 0.587. The number of ether oxygens (including phenoxy) is 9. The zero-order chi connectivity index (χ0) is 74.4. The second-order valence-electron chi connectivity index (χ2n) is 22.7. The molecule has 0 aromatic rings. The minimum Gasteiger partial charge on any atom is -0.469 e.